The molecule has 4 rings (SSSR count). The van der Waals surface area contributed by atoms with Crippen LogP contribution in [0.2, 0.25) is 0 Å². The molecule has 2 aromatic heterocycles. The summed E-state index contributed by atoms with van der Waals surface area (Å²) in [5.41, 5.74) is 2.34. The molecule has 0 aliphatic heterocycles. The molecule has 154 valence electrons. The third-order valence-corrected chi connectivity index (χ3v) is 5.31. The number of pyridine rings is 1. The lowest BCUT2D eigenvalue weighted by Gasteiger charge is -2.29. The SMILES string of the molecule is CC1(C)CC(=O)c2cc(C(=O)NCc3cccc(Cn4cccn4)c3)c(=O)[nH]c2C1. The summed E-state index contributed by atoms with van der Waals surface area (Å²) >= 11 is 0. The Hall–Kier alpha value is -3.48. The Balaban J connectivity index is 1.48. The quantitative estimate of drug-likeness (QED) is 0.683. The molecule has 3 aromatic rings. The van der Waals surface area contributed by atoms with Crippen LogP contribution < -0.4 is 10.9 Å². The minimum absolute atomic E-state index is 0.0329. The Morgan fingerprint density at radius 1 is 1.17 bits per heavy atom. The maximum absolute atomic E-state index is 12.6. The number of carbonyl (C=O) groups is 2. The monoisotopic (exact) mass is 404 g/mol. The molecule has 0 saturated heterocycles. The number of Topliss-reactive ketones (excluding diaryl/α,β-unsaturated/α-hetero) is 1. The van der Waals surface area contributed by atoms with E-state index in [0.717, 1.165) is 11.1 Å². The standard InChI is InChI=1S/C23H24N4O3/c1-23(2)11-19-17(20(28)12-23)10-18(22(30)26-19)21(29)24-13-15-5-3-6-16(9-15)14-27-8-4-7-25-27/h3-10H,11-14H2,1-2H3,(H,24,29)(H,26,30). The molecule has 7 nitrogen and oxygen atoms in total. The first-order valence-corrected chi connectivity index (χ1v) is 9.94. The number of rotatable bonds is 5. The molecule has 2 heterocycles. The van der Waals surface area contributed by atoms with Gasteiger partial charge in [-0.15, -0.1) is 0 Å². The molecule has 0 radical (unpaired) electrons. The molecule has 30 heavy (non-hydrogen) atoms. The van der Waals surface area contributed by atoms with Gasteiger partial charge in [-0.1, -0.05) is 38.1 Å². The zero-order valence-electron chi connectivity index (χ0n) is 17.1. The van der Waals surface area contributed by atoms with Gasteiger partial charge >= 0.3 is 0 Å². The maximum atomic E-state index is 12.6. The second-order valence-electron chi connectivity index (χ2n) is 8.55. The number of ketones is 1. The summed E-state index contributed by atoms with van der Waals surface area (Å²) in [7, 11) is 0. The molecule has 0 saturated carbocycles. The molecule has 7 heteroatoms. The number of aromatic amines is 1. The molecular weight excluding hydrogens is 380 g/mol. The number of H-pyrrole nitrogens is 1. The number of carbonyl (C=O) groups excluding carboxylic acids is 2. The third kappa shape index (κ3) is 4.25. The first-order valence-electron chi connectivity index (χ1n) is 9.94. The predicted octanol–water partition coefficient (Wildman–Crippen LogP) is 2.70. The number of benzene rings is 1. The van der Waals surface area contributed by atoms with Gasteiger partial charge < -0.3 is 10.3 Å². The van der Waals surface area contributed by atoms with E-state index in [1.807, 2.05) is 55.1 Å². The van der Waals surface area contributed by atoms with Crippen molar-refractivity contribution in [1.29, 1.82) is 0 Å². The number of fused-ring (bicyclic) bond motifs is 1. The number of amides is 1. The van der Waals surface area contributed by atoms with Crippen molar-refractivity contribution in [3.8, 4) is 0 Å². The van der Waals surface area contributed by atoms with Crippen LogP contribution in [0.3, 0.4) is 0 Å². The van der Waals surface area contributed by atoms with E-state index in [2.05, 4.69) is 15.4 Å². The van der Waals surface area contributed by atoms with Crippen molar-refractivity contribution in [2.75, 3.05) is 0 Å². The average molecular weight is 404 g/mol. The van der Waals surface area contributed by atoms with Gasteiger partial charge in [0.2, 0.25) is 0 Å². The normalized spacial score (nSPS) is 14.9. The van der Waals surface area contributed by atoms with E-state index in [1.165, 1.54) is 6.07 Å². The largest absolute Gasteiger partial charge is 0.348 e. The maximum Gasteiger partial charge on any atom is 0.261 e. The van der Waals surface area contributed by atoms with Crippen molar-refractivity contribution in [3.05, 3.63) is 87.1 Å². The minimum Gasteiger partial charge on any atom is -0.348 e. The van der Waals surface area contributed by atoms with Crippen LogP contribution in [0.15, 0.2) is 53.6 Å². The third-order valence-electron chi connectivity index (χ3n) is 5.31. The molecule has 0 atom stereocenters. The summed E-state index contributed by atoms with van der Waals surface area (Å²) in [6.45, 7) is 4.90. The topological polar surface area (TPSA) is 96.8 Å². The lowest BCUT2D eigenvalue weighted by molar-refractivity contribution is 0.0910. The van der Waals surface area contributed by atoms with Gasteiger partial charge in [-0.3, -0.25) is 19.1 Å². The van der Waals surface area contributed by atoms with Gasteiger partial charge in [-0.05, 0) is 35.1 Å². The molecule has 0 spiro atoms. The van der Waals surface area contributed by atoms with E-state index in [4.69, 9.17) is 0 Å². The zero-order valence-corrected chi connectivity index (χ0v) is 17.1. The smallest absolute Gasteiger partial charge is 0.261 e. The molecule has 1 amide bonds. The molecule has 0 bridgehead atoms. The first-order chi connectivity index (χ1) is 14.3. The van der Waals surface area contributed by atoms with Crippen LogP contribution in [0.25, 0.3) is 0 Å². The highest BCUT2D eigenvalue weighted by molar-refractivity contribution is 6.02. The summed E-state index contributed by atoms with van der Waals surface area (Å²) in [5.74, 6) is -0.535. The summed E-state index contributed by atoms with van der Waals surface area (Å²) < 4.78 is 1.82. The highest BCUT2D eigenvalue weighted by atomic mass is 16.2. The fourth-order valence-corrected chi connectivity index (χ4v) is 3.89. The van der Waals surface area contributed by atoms with Crippen molar-refractivity contribution in [3.63, 3.8) is 0 Å². The van der Waals surface area contributed by atoms with Crippen LogP contribution >= 0.6 is 0 Å². The summed E-state index contributed by atoms with van der Waals surface area (Å²) in [6, 6.07) is 11.1. The van der Waals surface area contributed by atoms with Crippen molar-refractivity contribution < 1.29 is 9.59 Å². The van der Waals surface area contributed by atoms with E-state index in [9.17, 15) is 14.4 Å². The fourth-order valence-electron chi connectivity index (χ4n) is 3.89. The van der Waals surface area contributed by atoms with E-state index in [1.54, 1.807) is 6.20 Å². The van der Waals surface area contributed by atoms with Crippen LogP contribution in [-0.4, -0.2) is 26.5 Å². The van der Waals surface area contributed by atoms with E-state index < -0.39 is 11.5 Å². The molecule has 2 N–H and O–H groups in total. The molecule has 1 aliphatic carbocycles. The number of hydrogen-bond donors (Lipinski definition) is 2. The van der Waals surface area contributed by atoms with Gasteiger partial charge in [0.1, 0.15) is 5.56 Å². The highest BCUT2D eigenvalue weighted by Gasteiger charge is 2.32. The van der Waals surface area contributed by atoms with Crippen LogP contribution in [0.4, 0.5) is 0 Å². The second kappa shape index (κ2) is 7.74. The second-order valence-corrected chi connectivity index (χ2v) is 8.55. The van der Waals surface area contributed by atoms with Crippen molar-refractivity contribution in [2.45, 2.75) is 39.8 Å². The van der Waals surface area contributed by atoms with Crippen molar-refractivity contribution in [1.82, 2.24) is 20.1 Å². The molecule has 0 unspecified atom stereocenters. The van der Waals surface area contributed by atoms with Crippen LogP contribution in [0.5, 0.6) is 0 Å². The molecular formula is C23H24N4O3. The Kier molecular flexibility index (Phi) is 5.11. The van der Waals surface area contributed by atoms with E-state index >= 15 is 0 Å². The van der Waals surface area contributed by atoms with Gasteiger partial charge in [0, 0.05) is 36.6 Å². The summed E-state index contributed by atoms with van der Waals surface area (Å²) in [6.07, 6.45) is 4.62. The van der Waals surface area contributed by atoms with Crippen molar-refractivity contribution >= 4 is 11.7 Å². The zero-order chi connectivity index (χ0) is 21.3. The predicted molar refractivity (Wildman–Crippen MR) is 112 cm³/mol. The van der Waals surface area contributed by atoms with E-state index in [0.29, 0.717) is 30.6 Å². The average Bonchev–Trinajstić information content (AvgIpc) is 3.18. The number of nitrogens with one attached hydrogen (secondary N) is 2. The molecule has 1 aromatic carbocycles. The van der Waals surface area contributed by atoms with E-state index in [-0.39, 0.29) is 23.3 Å². The van der Waals surface area contributed by atoms with Gasteiger partial charge in [-0.2, -0.15) is 5.10 Å². The Bertz CT molecular complexity index is 1160. The Morgan fingerprint density at radius 3 is 2.73 bits per heavy atom. The highest BCUT2D eigenvalue weighted by Crippen LogP contribution is 2.33. The minimum atomic E-state index is -0.492. The molecule has 0 fully saturated rings. The Morgan fingerprint density at radius 2 is 1.97 bits per heavy atom. The van der Waals surface area contributed by atoms with Crippen LogP contribution in [0, 0.1) is 5.41 Å². The van der Waals surface area contributed by atoms with Gasteiger partial charge in [-0.25, -0.2) is 0 Å². The first kappa shape index (κ1) is 19.8. The van der Waals surface area contributed by atoms with Crippen molar-refractivity contribution in [2.24, 2.45) is 5.41 Å². The van der Waals surface area contributed by atoms with Crippen LogP contribution in [-0.2, 0) is 19.5 Å². The Labute approximate surface area is 174 Å². The summed E-state index contributed by atoms with van der Waals surface area (Å²) in [5, 5.41) is 6.98. The fraction of sp³-hybridized carbons (Fsp3) is 0.304. The number of nitrogens with zero attached hydrogens (tertiary/aromatic N) is 2. The lowest BCUT2D eigenvalue weighted by Crippen LogP contribution is -2.34. The van der Waals surface area contributed by atoms with Gasteiger partial charge in [0.05, 0.1) is 6.54 Å². The lowest BCUT2D eigenvalue weighted by atomic mass is 9.75. The number of aromatic nitrogens is 3. The summed E-state index contributed by atoms with van der Waals surface area (Å²) in [4.78, 5) is 40.3. The molecule has 1 aliphatic rings. The number of hydrogen-bond acceptors (Lipinski definition) is 4. The van der Waals surface area contributed by atoms with Gasteiger partial charge in [0.25, 0.3) is 11.5 Å². The van der Waals surface area contributed by atoms with Gasteiger partial charge in [0.15, 0.2) is 5.78 Å². The van der Waals surface area contributed by atoms with Crippen LogP contribution in [0.1, 0.15) is 57.8 Å².